The number of hydrogen-bond donors (Lipinski definition) is 3. The summed E-state index contributed by atoms with van der Waals surface area (Å²) in [7, 11) is 0. The van der Waals surface area contributed by atoms with E-state index in [9.17, 15) is 4.79 Å². The van der Waals surface area contributed by atoms with Crippen LogP contribution in [0.3, 0.4) is 0 Å². The average molecular weight is 287 g/mol. The first kappa shape index (κ1) is 14.6. The van der Waals surface area contributed by atoms with Gasteiger partial charge in [-0.25, -0.2) is 9.79 Å². The molecule has 0 unspecified atom stereocenters. The second-order valence-corrected chi connectivity index (χ2v) is 4.62. The molecule has 1 aliphatic heterocycles. The van der Waals surface area contributed by atoms with Gasteiger partial charge in [0.05, 0.1) is 11.3 Å². The highest BCUT2D eigenvalue weighted by Gasteiger charge is 2.10. The van der Waals surface area contributed by atoms with Crippen LogP contribution in [0.15, 0.2) is 46.0 Å². The Hall–Kier alpha value is -2.83. The van der Waals surface area contributed by atoms with Gasteiger partial charge in [-0.2, -0.15) is 0 Å². The molecule has 21 heavy (non-hydrogen) atoms. The molecule has 0 aromatic heterocycles. The Kier molecular flexibility index (Phi) is 4.22. The van der Waals surface area contributed by atoms with Crippen LogP contribution >= 0.6 is 0 Å². The van der Waals surface area contributed by atoms with E-state index in [-0.39, 0.29) is 11.5 Å². The van der Waals surface area contributed by atoms with E-state index >= 15 is 0 Å². The van der Waals surface area contributed by atoms with Crippen molar-refractivity contribution in [2.24, 2.45) is 15.7 Å². The third-order valence-electron chi connectivity index (χ3n) is 2.92. The Bertz CT molecular complexity index is 631. The molecule has 0 aliphatic carbocycles. The lowest BCUT2D eigenvalue weighted by Crippen LogP contribution is -2.46. The fourth-order valence-electron chi connectivity index (χ4n) is 1.82. The highest BCUT2D eigenvalue weighted by molar-refractivity contribution is 5.94. The summed E-state index contributed by atoms with van der Waals surface area (Å²) in [4.78, 5) is 19.2. The maximum atomic E-state index is 10.8. The Balaban J connectivity index is 2.04. The average Bonchev–Trinajstić information content (AvgIpc) is 2.42. The SMILES string of the molecule is CC1=CC(C)=NCN1NC(N)=Nc1ccc(C(=O)O)cc1. The molecule has 7 heteroatoms. The topological polar surface area (TPSA) is 103 Å². The van der Waals surface area contributed by atoms with Gasteiger partial charge in [0.2, 0.25) is 5.96 Å². The normalized spacial score (nSPS) is 15.3. The lowest BCUT2D eigenvalue weighted by atomic mass is 10.2. The summed E-state index contributed by atoms with van der Waals surface area (Å²) in [6.45, 7) is 4.34. The van der Waals surface area contributed by atoms with Crippen LogP contribution in [-0.2, 0) is 0 Å². The van der Waals surface area contributed by atoms with E-state index in [1.165, 1.54) is 12.1 Å². The van der Waals surface area contributed by atoms with Crippen molar-refractivity contribution in [1.82, 2.24) is 10.4 Å². The van der Waals surface area contributed by atoms with E-state index in [4.69, 9.17) is 10.8 Å². The molecule has 0 amide bonds. The molecule has 4 N–H and O–H groups in total. The minimum absolute atomic E-state index is 0.208. The van der Waals surface area contributed by atoms with E-state index in [0.717, 1.165) is 11.4 Å². The van der Waals surface area contributed by atoms with Gasteiger partial charge in [-0.15, -0.1) is 0 Å². The number of carboxylic acids is 1. The summed E-state index contributed by atoms with van der Waals surface area (Å²) in [5, 5.41) is 10.6. The van der Waals surface area contributed by atoms with Gasteiger partial charge in [-0.05, 0) is 44.2 Å². The maximum absolute atomic E-state index is 10.8. The van der Waals surface area contributed by atoms with Crippen molar-refractivity contribution in [3.05, 3.63) is 41.6 Å². The van der Waals surface area contributed by atoms with Crippen molar-refractivity contribution in [2.75, 3.05) is 6.67 Å². The molecule has 0 saturated heterocycles. The molecule has 0 saturated carbocycles. The van der Waals surface area contributed by atoms with E-state index in [2.05, 4.69) is 15.4 Å². The van der Waals surface area contributed by atoms with Gasteiger partial charge >= 0.3 is 5.97 Å². The third kappa shape index (κ3) is 3.82. The van der Waals surface area contributed by atoms with Crippen LogP contribution < -0.4 is 11.2 Å². The maximum Gasteiger partial charge on any atom is 0.335 e. The van der Waals surface area contributed by atoms with Crippen molar-refractivity contribution in [3.8, 4) is 0 Å². The second kappa shape index (κ2) is 6.08. The first-order valence-electron chi connectivity index (χ1n) is 6.37. The molecule has 1 heterocycles. The number of rotatable bonds is 3. The molecular formula is C14H17N5O2. The quantitative estimate of drug-likeness (QED) is 0.577. The first-order chi connectivity index (χ1) is 9.95. The number of aromatic carboxylic acids is 1. The number of nitrogens with one attached hydrogen (secondary N) is 1. The van der Waals surface area contributed by atoms with E-state index < -0.39 is 5.97 Å². The highest BCUT2D eigenvalue weighted by atomic mass is 16.4. The van der Waals surface area contributed by atoms with Crippen molar-refractivity contribution in [1.29, 1.82) is 0 Å². The zero-order chi connectivity index (χ0) is 15.4. The fraction of sp³-hybridized carbons (Fsp3) is 0.214. The summed E-state index contributed by atoms with van der Waals surface area (Å²) >= 11 is 0. The molecule has 0 bridgehead atoms. The Labute approximate surface area is 122 Å². The Morgan fingerprint density at radius 1 is 1.38 bits per heavy atom. The molecule has 2 rings (SSSR count). The number of aliphatic imine (C=N–C) groups is 2. The second-order valence-electron chi connectivity index (χ2n) is 4.62. The molecular weight excluding hydrogens is 270 g/mol. The van der Waals surface area contributed by atoms with Crippen molar-refractivity contribution in [3.63, 3.8) is 0 Å². The first-order valence-corrected chi connectivity index (χ1v) is 6.37. The van der Waals surface area contributed by atoms with E-state index in [1.807, 2.05) is 19.9 Å². The summed E-state index contributed by atoms with van der Waals surface area (Å²) in [5.41, 5.74) is 11.5. The minimum Gasteiger partial charge on any atom is -0.478 e. The minimum atomic E-state index is -0.973. The van der Waals surface area contributed by atoms with Gasteiger partial charge in [0.1, 0.15) is 6.67 Å². The number of hydrogen-bond acceptors (Lipinski definition) is 4. The van der Waals surface area contributed by atoms with Gasteiger partial charge in [-0.1, -0.05) is 0 Å². The summed E-state index contributed by atoms with van der Waals surface area (Å²) in [6, 6.07) is 6.15. The highest BCUT2D eigenvalue weighted by Crippen LogP contribution is 2.13. The van der Waals surface area contributed by atoms with Crippen LogP contribution in [0.25, 0.3) is 0 Å². The molecule has 0 atom stereocenters. The predicted octanol–water partition coefficient (Wildman–Crippen LogP) is 1.47. The lowest BCUT2D eigenvalue weighted by Gasteiger charge is -2.27. The monoisotopic (exact) mass is 287 g/mol. The number of nitrogens with two attached hydrogens (primary N) is 1. The van der Waals surface area contributed by atoms with Gasteiger partial charge in [0, 0.05) is 11.4 Å². The molecule has 1 aliphatic rings. The predicted molar refractivity (Wildman–Crippen MR) is 81.4 cm³/mol. The number of benzene rings is 1. The Morgan fingerprint density at radius 2 is 2.05 bits per heavy atom. The third-order valence-corrected chi connectivity index (χ3v) is 2.92. The molecule has 1 aromatic carbocycles. The summed E-state index contributed by atoms with van der Waals surface area (Å²) in [5.74, 6) is -0.764. The largest absolute Gasteiger partial charge is 0.478 e. The number of carbonyl (C=O) groups is 1. The molecule has 110 valence electrons. The van der Waals surface area contributed by atoms with Crippen LogP contribution in [0.5, 0.6) is 0 Å². The number of carboxylic acid groups (broad SMARTS) is 1. The van der Waals surface area contributed by atoms with E-state index in [1.54, 1.807) is 17.1 Å². The summed E-state index contributed by atoms with van der Waals surface area (Å²) < 4.78 is 0. The number of guanidine groups is 1. The zero-order valence-electron chi connectivity index (χ0n) is 11.9. The number of allylic oxidation sites excluding steroid dienone is 2. The van der Waals surface area contributed by atoms with Crippen LogP contribution in [0, 0.1) is 0 Å². The van der Waals surface area contributed by atoms with Crippen LogP contribution in [0.2, 0.25) is 0 Å². The molecule has 0 radical (unpaired) electrons. The number of nitrogens with zero attached hydrogens (tertiary/aromatic N) is 3. The standard InChI is InChI=1S/C14H17N5O2/c1-9-7-10(2)19(8-16-9)18-14(15)17-12-5-3-11(4-6-12)13(20)21/h3-7H,8H2,1-2H3,(H,20,21)(H3,15,17,18). The molecule has 1 aromatic rings. The van der Waals surface area contributed by atoms with Crippen LogP contribution in [0.1, 0.15) is 24.2 Å². The number of hydrazine groups is 1. The van der Waals surface area contributed by atoms with Crippen molar-refractivity contribution >= 4 is 23.3 Å². The molecule has 0 fully saturated rings. The Morgan fingerprint density at radius 3 is 2.62 bits per heavy atom. The van der Waals surface area contributed by atoms with Crippen LogP contribution in [0.4, 0.5) is 5.69 Å². The van der Waals surface area contributed by atoms with E-state index in [0.29, 0.717) is 12.4 Å². The zero-order valence-corrected chi connectivity index (χ0v) is 11.9. The van der Waals surface area contributed by atoms with Gasteiger partial charge < -0.3 is 10.8 Å². The summed E-state index contributed by atoms with van der Waals surface area (Å²) in [6.07, 6.45) is 1.94. The van der Waals surface area contributed by atoms with Crippen LogP contribution in [-0.4, -0.2) is 34.4 Å². The molecule has 0 spiro atoms. The lowest BCUT2D eigenvalue weighted by molar-refractivity contribution is 0.0697. The fourth-order valence-corrected chi connectivity index (χ4v) is 1.82. The van der Waals surface area contributed by atoms with Gasteiger partial charge in [0.15, 0.2) is 0 Å². The smallest absolute Gasteiger partial charge is 0.335 e. The molecule has 7 nitrogen and oxygen atoms in total. The van der Waals surface area contributed by atoms with Crippen molar-refractivity contribution < 1.29 is 9.90 Å². The van der Waals surface area contributed by atoms with Gasteiger partial charge in [0.25, 0.3) is 0 Å². The van der Waals surface area contributed by atoms with Crippen molar-refractivity contribution in [2.45, 2.75) is 13.8 Å². The van der Waals surface area contributed by atoms with Gasteiger partial charge in [-0.3, -0.25) is 15.4 Å².